The third-order valence-electron chi connectivity index (χ3n) is 2.40. The van der Waals surface area contributed by atoms with Crippen LogP contribution in [0.4, 0.5) is 29.5 Å². The Kier molecular flexibility index (Phi) is 3.92. The third kappa shape index (κ3) is 3.81. The van der Waals surface area contributed by atoms with Gasteiger partial charge >= 0.3 is 12.2 Å². The number of aromatic nitrogens is 2. The number of nitrogens with one attached hydrogen (secondary N) is 3. The zero-order chi connectivity index (χ0) is 15.5. The predicted molar refractivity (Wildman–Crippen MR) is 68.9 cm³/mol. The monoisotopic (exact) mass is 298 g/mol. The molecule has 0 radical (unpaired) electrons. The summed E-state index contributed by atoms with van der Waals surface area (Å²) in [5.74, 6) is -0.00316. The van der Waals surface area contributed by atoms with Crippen LogP contribution in [-0.4, -0.2) is 16.2 Å². The second-order valence-corrected chi connectivity index (χ2v) is 3.93. The topological polar surface area (TPSA) is 86.9 Å². The molecular formula is C12H9F3N4O2. The highest BCUT2D eigenvalue weighted by molar-refractivity contribution is 5.99. The maximum absolute atomic E-state index is 12.7. The summed E-state index contributed by atoms with van der Waals surface area (Å²) in [6, 6.07) is 5.99. The Morgan fingerprint density at radius 1 is 1.10 bits per heavy atom. The maximum atomic E-state index is 12.7. The molecule has 0 unspecified atom stereocenters. The van der Waals surface area contributed by atoms with Gasteiger partial charge in [-0.05, 0) is 18.2 Å². The fraction of sp³-hybridized carbons (Fsp3) is 0.0833. The fourth-order valence-corrected chi connectivity index (χ4v) is 1.52. The molecule has 21 heavy (non-hydrogen) atoms. The number of rotatable bonds is 2. The molecule has 110 valence electrons. The number of carbonyl (C=O) groups is 1. The molecule has 6 nitrogen and oxygen atoms in total. The standard InChI is InChI=1S/C12H9F3N4O2/c13-12(14,15)7-3-1-2-4-8(7)16-11(21)17-9-5-6-10(20)19-18-9/h1-6H,(H,19,20)(H2,16,17,18,21). The largest absolute Gasteiger partial charge is 0.418 e. The third-order valence-corrected chi connectivity index (χ3v) is 2.40. The summed E-state index contributed by atoms with van der Waals surface area (Å²) in [4.78, 5) is 22.4. The highest BCUT2D eigenvalue weighted by atomic mass is 19.4. The number of hydrogen-bond donors (Lipinski definition) is 3. The lowest BCUT2D eigenvalue weighted by Gasteiger charge is -2.13. The van der Waals surface area contributed by atoms with E-state index in [2.05, 4.69) is 20.8 Å². The van der Waals surface area contributed by atoms with E-state index < -0.39 is 23.3 Å². The van der Waals surface area contributed by atoms with Crippen LogP contribution in [-0.2, 0) is 6.18 Å². The number of aromatic amines is 1. The molecule has 1 aromatic carbocycles. The summed E-state index contributed by atoms with van der Waals surface area (Å²) in [6.45, 7) is 0. The van der Waals surface area contributed by atoms with Crippen molar-refractivity contribution in [2.75, 3.05) is 10.6 Å². The number of amides is 2. The maximum Gasteiger partial charge on any atom is 0.418 e. The average Bonchev–Trinajstić information content (AvgIpc) is 2.41. The first-order valence-corrected chi connectivity index (χ1v) is 5.66. The summed E-state index contributed by atoms with van der Waals surface area (Å²) >= 11 is 0. The van der Waals surface area contributed by atoms with Crippen molar-refractivity contribution in [3.63, 3.8) is 0 Å². The molecule has 9 heteroatoms. The molecule has 0 fully saturated rings. The van der Waals surface area contributed by atoms with Crippen molar-refractivity contribution in [2.45, 2.75) is 6.18 Å². The minimum atomic E-state index is -4.58. The number of alkyl halides is 3. The fourth-order valence-electron chi connectivity index (χ4n) is 1.52. The van der Waals surface area contributed by atoms with Crippen LogP contribution in [0.25, 0.3) is 0 Å². The SMILES string of the molecule is O=C(Nc1ccc(=O)[nH]n1)Nc1ccccc1C(F)(F)F. The van der Waals surface area contributed by atoms with Gasteiger partial charge in [-0.1, -0.05) is 12.1 Å². The Bertz CT molecular complexity index is 692. The number of nitrogens with zero attached hydrogens (tertiary/aromatic N) is 1. The normalized spacial score (nSPS) is 11.0. The summed E-state index contributed by atoms with van der Waals surface area (Å²) < 4.78 is 38.2. The highest BCUT2D eigenvalue weighted by Gasteiger charge is 2.33. The molecule has 0 aliphatic heterocycles. The number of anilines is 2. The number of para-hydroxylation sites is 1. The van der Waals surface area contributed by atoms with Gasteiger partial charge in [-0.2, -0.15) is 18.3 Å². The van der Waals surface area contributed by atoms with E-state index in [4.69, 9.17) is 0 Å². The van der Waals surface area contributed by atoms with Gasteiger partial charge in [-0.25, -0.2) is 9.89 Å². The van der Waals surface area contributed by atoms with Gasteiger partial charge in [0.2, 0.25) is 0 Å². The van der Waals surface area contributed by atoms with Crippen LogP contribution in [0.2, 0.25) is 0 Å². The molecule has 1 aromatic heterocycles. The van der Waals surface area contributed by atoms with Gasteiger partial charge in [-0.3, -0.25) is 10.1 Å². The lowest BCUT2D eigenvalue weighted by molar-refractivity contribution is -0.136. The smallest absolute Gasteiger partial charge is 0.307 e. The highest BCUT2D eigenvalue weighted by Crippen LogP contribution is 2.34. The van der Waals surface area contributed by atoms with E-state index >= 15 is 0 Å². The van der Waals surface area contributed by atoms with Crippen molar-refractivity contribution in [3.05, 3.63) is 52.3 Å². The number of benzene rings is 1. The van der Waals surface area contributed by atoms with E-state index in [9.17, 15) is 22.8 Å². The van der Waals surface area contributed by atoms with Crippen LogP contribution in [0, 0.1) is 0 Å². The number of hydrogen-bond acceptors (Lipinski definition) is 3. The van der Waals surface area contributed by atoms with E-state index in [1.807, 2.05) is 0 Å². The molecule has 2 aromatic rings. The van der Waals surface area contributed by atoms with Gasteiger partial charge in [0.05, 0.1) is 11.3 Å². The molecule has 0 aliphatic rings. The van der Waals surface area contributed by atoms with Crippen LogP contribution in [0.3, 0.4) is 0 Å². The lowest BCUT2D eigenvalue weighted by atomic mass is 10.1. The van der Waals surface area contributed by atoms with E-state index in [1.54, 1.807) is 0 Å². The van der Waals surface area contributed by atoms with E-state index in [0.717, 1.165) is 18.2 Å². The first-order valence-electron chi connectivity index (χ1n) is 5.66. The van der Waals surface area contributed by atoms with Crippen LogP contribution in [0.15, 0.2) is 41.2 Å². The van der Waals surface area contributed by atoms with Crippen molar-refractivity contribution < 1.29 is 18.0 Å². The zero-order valence-corrected chi connectivity index (χ0v) is 10.4. The summed E-state index contributed by atoms with van der Waals surface area (Å²) in [5.41, 5.74) is -1.81. The Morgan fingerprint density at radius 2 is 1.81 bits per heavy atom. The van der Waals surface area contributed by atoms with Gasteiger partial charge in [0.15, 0.2) is 5.82 Å². The van der Waals surface area contributed by atoms with E-state index in [1.165, 1.54) is 18.2 Å². The molecule has 0 saturated carbocycles. The average molecular weight is 298 g/mol. The van der Waals surface area contributed by atoms with Gasteiger partial charge in [0, 0.05) is 6.07 Å². The second-order valence-electron chi connectivity index (χ2n) is 3.93. The van der Waals surface area contributed by atoms with Crippen molar-refractivity contribution >= 4 is 17.5 Å². The van der Waals surface area contributed by atoms with Gasteiger partial charge in [0.25, 0.3) is 5.56 Å². The molecule has 0 saturated heterocycles. The molecule has 1 heterocycles. The number of carbonyl (C=O) groups excluding carboxylic acids is 1. The Morgan fingerprint density at radius 3 is 2.43 bits per heavy atom. The van der Waals surface area contributed by atoms with Crippen LogP contribution < -0.4 is 16.2 Å². The van der Waals surface area contributed by atoms with E-state index in [0.29, 0.717) is 0 Å². The molecule has 3 N–H and O–H groups in total. The molecule has 2 rings (SSSR count). The molecule has 0 aliphatic carbocycles. The Balaban J connectivity index is 2.13. The Hall–Kier alpha value is -2.84. The summed E-state index contributed by atoms with van der Waals surface area (Å²) in [6.07, 6.45) is -4.58. The summed E-state index contributed by atoms with van der Waals surface area (Å²) in [7, 11) is 0. The lowest BCUT2D eigenvalue weighted by Crippen LogP contribution is -2.23. The van der Waals surface area contributed by atoms with Crippen molar-refractivity contribution in [1.82, 2.24) is 10.2 Å². The number of H-pyrrole nitrogens is 1. The number of halogens is 3. The van der Waals surface area contributed by atoms with Crippen LogP contribution >= 0.6 is 0 Å². The Labute approximate surface area is 116 Å². The minimum Gasteiger partial charge on any atom is -0.307 e. The first kappa shape index (κ1) is 14.6. The zero-order valence-electron chi connectivity index (χ0n) is 10.4. The minimum absolute atomic E-state index is 0.00316. The van der Waals surface area contributed by atoms with Crippen molar-refractivity contribution in [1.29, 1.82) is 0 Å². The van der Waals surface area contributed by atoms with Crippen molar-refractivity contribution in [2.24, 2.45) is 0 Å². The predicted octanol–water partition coefficient (Wildman–Crippen LogP) is 2.43. The number of urea groups is 1. The van der Waals surface area contributed by atoms with Gasteiger partial charge in [-0.15, -0.1) is 0 Å². The van der Waals surface area contributed by atoms with Crippen LogP contribution in [0.5, 0.6) is 0 Å². The van der Waals surface area contributed by atoms with Gasteiger partial charge < -0.3 is 5.32 Å². The molecule has 0 spiro atoms. The van der Waals surface area contributed by atoms with Crippen molar-refractivity contribution in [3.8, 4) is 0 Å². The molecule has 0 bridgehead atoms. The molecule has 0 atom stereocenters. The quantitative estimate of drug-likeness (QED) is 0.795. The van der Waals surface area contributed by atoms with E-state index in [-0.39, 0.29) is 11.5 Å². The first-order chi connectivity index (χ1) is 9.86. The second kappa shape index (κ2) is 5.65. The molecule has 2 amide bonds. The van der Waals surface area contributed by atoms with Crippen LogP contribution in [0.1, 0.15) is 5.56 Å². The summed E-state index contributed by atoms with van der Waals surface area (Å²) in [5, 5.41) is 9.85. The molecular weight excluding hydrogens is 289 g/mol. The van der Waals surface area contributed by atoms with Gasteiger partial charge in [0.1, 0.15) is 0 Å².